The second kappa shape index (κ2) is 5.97. The molecular weight excluding hydrogens is 284 g/mol. The summed E-state index contributed by atoms with van der Waals surface area (Å²) in [6.07, 6.45) is 4.98. The van der Waals surface area contributed by atoms with E-state index in [0.29, 0.717) is 23.9 Å². The predicted molar refractivity (Wildman–Crippen MR) is 85.0 cm³/mol. The molecular formula is C16H24N2O2S. The summed E-state index contributed by atoms with van der Waals surface area (Å²) in [5.41, 5.74) is 1.96. The zero-order chi connectivity index (χ0) is 14.9. The molecule has 0 radical (unpaired) electrons. The Balaban J connectivity index is 1.89. The summed E-state index contributed by atoms with van der Waals surface area (Å²) in [5, 5.41) is 3.31. The van der Waals surface area contributed by atoms with Gasteiger partial charge in [0.15, 0.2) is 0 Å². The van der Waals surface area contributed by atoms with Crippen molar-refractivity contribution in [2.45, 2.75) is 43.9 Å². The van der Waals surface area contributed by atoms with Crippen LogP contribution in [0, 0.1) is 5.92 Å². The lowest BCUT2D eigenvalue weighted by atomic mass is 9.96. The molecule has 0 aliphatic carbocycles. The number of anilines is 1. The van der Waals surface area contributed by atoms with Crippen molar-refractivity contribution in [3.63, 3.8) is 0 Å². The van der Waals surface area contributed by atoms with Gasteiger partial charge in [0.1, 0.15) is 0 Å². The van der Waals surface area contributed by atoms with Gasteiger partial charge in [-0.15, -0.1) is 0 Å². The number of nitrogens with zero attached hydrogens (tertiary/aromatic N) is 1. The average Bonchev–Trinajstić information content (AvgIpc) is 2.54. The molecule has 5 heteroatoms. The first-order chi connectivity index (χ1) is 10.1. The molecule has 0 unspecified atom stereocenters. The van der Waals surface area contributed by atoms with E-state index in [2.05, 4.69) is 12.2 Å². The van der Waals surface area contributed by atoms with Crippen molar-refractivity contribution in [2.75, 3.05) is 25.0 Å². The maximum atomic E-state index is 13.0. The number of nitrogens with one attached hydrogen (secondary N) is 1. The molecule has 0 amide bonds. The Morgan fingerprint density at radius 2 is 2.05 bits per heavy atom. The number of fused-ring (bicyclic) bond motifs is 1. The molecule has 0 atom stereocenters. The van der Waals surface area contributed by atoms with E-state index in [1.807, 2.05) is 12.1 Å². The van der Waals surface area contributed by atoms with Crippen molar-refractivity contribution in [1.29, 1.82) is 0 Å². The first-order valence-corrected chi connectivity index (χ1v) is 9.43. The number of rotatable bonds is 3. The molecule has 3 rings (SSSR count). The summed E-state index contributed by atoms with van der Waals surface area (Å²) in [4.78, 5) is 0.516. The van der Waals surface area contributed by atoms with Gasteiger partial charge in [0.25, 0.3) is 0 Å². The summed E-state index contributed by atoms with van der Waals surface area (Å²) >= 11 is 0. The van der Waals surface area contributed by atoms with Crippen LogP contribution in [-0.4, -0.2) is 32.4 Å². The molecule has 1 aromatic carbocycles. The molecule has 0 aromatic heterocycles. The Labute approximate surface area is 127 Å². The van der Waals surface area contributed by atoms with Gasteiger partial charge in [0.05, 0.1) is 4.90 Å². The van der Waals surface area contributed by atoms with E-state index in [1.165, 1.54) is 0 Å². The molecule has 1 aromatic rings. The zero-order valence-electron chi connectivity index (χ0n) is 12.6. The zero-order valence-corrected chi connectivity index (χ0v) is 13.5. The minimum absolute atomic E-state index is 0.516. The van der Waals surface area contributed by atoms with Crippen LogP contribution in [-0.2, 0) is 16.4 Å². The summed E-state index contributed by atoms with van der Waals surface area (Å²) in [6.45, 7) is 4.45. The molecule has 116 valence electrons. The number of sulfonamides is 1. The van der Waals surface area contributed by atoms with E-state index in [1.54, 1.807) is 10.4 Å². The highest BCUT2D eigenvalue weighted by molar-refractivity contribution is 7.89. The number of benzene rings is 1. The summed E-state index contributed by atoms with van der Waals surface area (Å²) in [5.74, 6) is 0.683. The Hall–Kier alpha value is -1.07. The number of hydrogen-bond donors (Lipinski definition) is 1. The van der Waals surface area contributed by atoms with Gasteiger partial charge in [0, 0.05) is 25.3 Å². The third-order valence-electron chi connectivity index (χ3n) is 4.82. The van der Waals surface area contributed by atoms with E-state index in [4.69, 9.17) is 0 Å². The minimum atomic E-state index is -3.34. The number of hydrogen-bond acceptors (Lipinski definition) is 3. The highest BCUT2D eigenvalue weighted by atomic mass is 32.2. The molecule has 21 heavy (non-hydrogen) atoms. The molecule has 2 aliphatic rings. The lowest BCUT2D eigenvalue weighted by Crippen LogP contribution is -2.38. The molecule has 2 heterocycles. The fraction of sp³-hybridized carbons (Fsp3) is 0.625. The second-order valence-corrected chi connectivity index (χ2v) is 7.97. The SMILES string of the molecule is CCC1CCN(S(=O)(=O)c2cccc3c2CCCN3)CC1. The highest BCUT2D eigenvalue weighted by Crippen LogP contribution is 2.32. The van der Waals surface area contributed by atoms with Gasteiger partial charge < -0.3 is 5.32 Å². The third kappa shape index (κ3) is 2.81. The van der Waals surface area contributed by atoms with Crippen LogP contribution in [0.5, 0.6) is 0 Å². The van der Waals surface area contributed by atoms with E-state index in [-0.39, 0.29) is 0 Å². The Bertz CT molecular complexity index is 605. The fourth-order valence-electron chi connectivity index (χ4n) is 3.42. The van der Waals surface area contributed by atoms with Crippen LogP contribution in [0.15, 0.2) is 23.1 Å². The van der Waals surface area contributed by atoms with E-state index in [9.17, 15) is 8.42 Å². The molecule has 0 saturated carbocycles. The van der Waals surface area contributed by atoms with Crippen LogP contribution in [0.25, 0.3) is 0 Å². The van der Waals surface area contributed by atoms with Gasteiger partial charge in [-0.2, -0.15) is 4.31 Å². The first kappa shape index (κ1) is 14.9. The second-order valence-electron chi connectivity index (χ2n) is 6.07. The van der Waals surface area contributed by atoms with Crippen LogP contribution in [0.4, 0.5) is 5.69 Å². The van der Waals surface area contributed by atoms with E-state index >= 15 is 0 Å². The van der Waals surface area contributed by atoms with E-state index in [0.717, 1.165) is 49.9 Å². The fourth-order valence-corrected chi connectivity index (χ4v) is 5.16. The van der Waals surface area contributed by atoms with Gasteiger partial charge in [0.2, 0.25) is 10.0 Å². The predicted octanol–water partition coefficient (Wildman–Crippen LogP) is 2.86. The highest BCUT2D eigenvalue weighted by Gasteiger charge is 2.31. The van der Waals surface area contributed by atoms with Crippen molar-refractivity contribution in [3.05, 3.63) is 23.8 Å². The Morgan fingerprint density at radius 3 is 2.76 bits per heavy atom. The Kier molecular flexibility index (Phi) is 4.22. The topological polar surface area (TPSA) is 49.4 Å². The third-order valence-corrected chi connectivity index (χ3v) is 6.80. The quantitative estimate of drug-likeness (QED) is 0.934. The number of piperidine rings is 1. The average molecular weight is 308 g/mol. The van der Waals surface area contributed by atoms with Crippen molar-refractivity contribution in [3.8, 4) is 0 Å². The molecule has 2 aliphatic heterocycles. The van der Waals surface area contributed by atoms with Crippen LogP contribution in [0.2, 0.25) is 0 Å². The molecule has 1 fully saturated rings. The van der Waals surface area contributed by atoms with Gasteiger partial charge in [-0.05, 0) is 49.3 Å². The van der Waals surface area contributed by atoms with Crippen molar-refractivity contribution >= 4 is 15.7 Å². The van der Waals surface area contributed by atoms with Gasteiger partial charge in [-0.1, -0.05) is 19.4 Å². The first-order valence-electron chi connectivity index (χ1n) is 7.99. The molecule has 4 nitrogen and oxygen atoms in total. The largest absolute Gasteiger partial charge is 0.385 e. The minimum Gasteiger partial charge on any atom is -0.385 e. The van der Waals surface area contributed by atoms with Crippen molar-refractivity contribution in [2.24, 2.45) is 5.92 Å². The van der Waals surface area contributed by atoms with E-state index < -0.39 is 10.0 Å². The summed E-state index contributed by atoms with van der Waals surface area (Å²) in [6, 6.07) is 5.60. The van der Waals surface area contributed by atoms with Crippen LogP contribution >= 0.6 is 0 Å². The molecule has 1 N–H and O–H groups in total. The van der Waals surface area contributed by atoms with Crippen molar-refractivity contribution < 1.29 is 8.42 Å². The maximum absolute atomic E-state index is 13.0. The standard InChI is InChI=1S/C16H24N2O2S/c1-2-13-8-11-18(12-9-13)21(19,20)16-7-3-6-15-14(16)5-4-10-17-15/h3,6-7,13,17H,2,4-5,8-12H2,1H3. The van der Waals surface area contributed by atoms with Crippen LogP contribution in [0.1, 0.15) is 38.2 Å². The van der Waals surface area contributed by atoms with Crippen molar-refractivity contribution in [1.82, 2.24) is 4.31 Å². The summed E-state index contributed by atoms with van der Waals surface area (Å²) in [7, 11) is -3.34. The lowest BCUT2D eigenvalue weighted by Gasteiger charge is -2.32. The molecule has 1 saturated heterocycles. The normalized spacial score (nSPS) is 20.8. The van der Waals surface area contributed by atoms with Gasteiger partial charge in [-0.3, -0.25) is 0 Å². The van der Waals surface area contributed by atoms with Gasteiger partial charge in [-0.25, -0.2) is 8.42 Å². The smallest absolute Gasteiger partial charge is 0.243 e. The lowest BCUT2D eigenvalue weighted by molar-refractivity contribution is 0.269. The monoisotopic (exact) mass is 308 g/mol. The Morgan fingerprint density at radius 1 is 1.29 bits per heavy atom. The molecule has 0 bridgehead atoms. The summed E-state index contributed by atoms with van der Waals surface area (Å²) < 4.78 is 27.6. The van der Waals surface area contributed by atoms with Crippen LogP contribution < -0.4 is 5.32 Å². The maximum Gasteiger partial charge on any atom is 0.243 e. The van der Waals surface area contributed by atoms with Crippen LogP contribution in [0.3, 0.4) is 0 Å². The molecule has 0 spiro atoms. The van der Waals surface area contributed by atoms with Gasteiger partial charge >= 0.3 is 0 Å².